The van der Waals surface area contributed by atoms with Crippen LogP contribution < -0.4 is 15.0 Å². The summed E-state index contributed by atoms with van der Waals surface area (Å²) in [5.41, 5.74) is -0.449. The second-order valence-electron chi connectivity index (χ2n) is 5.87. The molecule has 0 unspecified atom stereocenters. The van der Waals surface area contributed by atoms with Crippen molar-refractivity contribution in [1.29, 1.82) is 0 Å². The van der Waals surface area contributed by atoms with Crippen LogP contribution in [0.5, 0.6) is 5.88 Å². The fourth-order valence-electron chi connectivity index (χ4n) is 2.82. The van der Waals surface area contributed by atoms with E-state index in [0.717, 1.165) is 12.3 Å². The van der Waals surface area contributed by atoms with E-state index >= 15 is 0 Å². The van der Waals surface area contributed by atoms with E-state index in [1.165, 1.54) is 19.4 Å². The van der Waals surface area contributed by atoms with E-state index in [-0.39, 0.29) is 17.8 Å². The first-order valence-electron chi connectivity index (χ1n) is 7.96. The van der Waals surface area contributed by atoms with Gasteiger partial charge in [0.25, 0.3) is 5.91 Å². The summed E-state index contributed by atoms with van der Waals surface area (Å²) in [7, 11) is 1.44. The van der Waals surface area contributed by atoms with Crippen LogP contribution in [-0.2, 0) is 6.18 Å². The maximum atomic E-state index is 12.6. The largest absolute Gasteiger partial charge is 0.480 e. The number of halogens is 3. The van der Waals surface area contributed by atoms with E-state index in [1.807, 2.05) is 4.90 Å². The first kappa shape index (κ1) is 18.0. The zero-order valence-electron chi connectivity index (χ0n) is 14.0. The molecule has 0 spiro atoms. The van der Waals surface area contributed by atoms with Gasteiger partial charge in [-0.25, -0.2) is 9.97 Å². The maximum Gasteiger partial charge on any atom is 0.417 e. The smallest absolute Gasteiger partial charge is 0.417 e. The van der Waals surface area contributed by atoms with Crippen LogP contribution >= 0.6 is 0 Å². The molecule has 0 bridgehead atoms. The molecular formula is C17H17F3N4O2. The number of nitrogens with one attached hydrogen (secondary N) is 1. The van der Waals surface area contributed by atoms with Crippen molar-refractivity contribution in [1.82, 2.24) is 15.3 Å². The lowest BCUT2D eigenvalue weighted by molar-refractivity contribution is -0.137. The van der Waals surface area contributed by atoms with Crippen LogP contribution in [0.1, 0.15) is 22.3 Å². The molecule has 0 saturated carbocycles. The fraction of sp³-hybridized carbons (Fsp3) is 0.353. The lowest BCUT2D eigenvalue weighted by atomic mass is 10.2. The highest BCUT2D eigenvalue weighted by atomic mass is 19.4. The molecule has 2 aromatic heterocycles. The molecular weight excluding hydrogens is 349 g/mol. The molecule has 1 aliphatic rings. The predicted octanol–water partition coefficient (Wildman–Crippen LogP) is 2.51. The van der Waals surface area contributed by atoms with Gasteiger partial charge in [0.05, 0.1) is 12.7 Å². The van der Waals surface area contributed by atoms with Crippen molar-refractivity contribution in [3.63, 3.8) is 0 Å². The average molecular weight is 366 g/mol. The number of alkyl halides is 3. The molecule has 1 N–H and O–H groups in total. The minimum absolute atomic E-state index is 0.142. The van der Waals surface area contributed by atoms with Crippen LogP contribution in [0.15, 0.2) is 36.7 Å². The van der Waals surface area contributed by atoms with Crippen molar-refractivity contribution in [3.8, 4) is 5.88 Å². The molecule has 0 aromatic carbocycles. The number of rotatable bonds is 4. The molecule has 3 rings (SSSR count). The minimum atomic E-state index is -4.41. The third kappa shape index (κ3) is 3.87. The molecule has 0 aliphatic carbocycles. The Hall–Kier alpha value is -2.84. The number of carbonyl (C=O) groups excluding carboxylic acids is 1. The summed E-state index contributed by atoms with van der Waals surface area (Å²) in [6, 6.07) is 5.47. The molecule has 9 heteroatoms. The van der Waals surface area contributed by atoms with Crippen LogP contribution in [0.25, 0.3) is 0 Å². The lowest BCUT2D eigenvalue weighted by Crippen LogP contribution is -2.37. The second-order valence-corrected chi connectivity index (χ2v) is 5.87. The molecule has 1 aliphatic heterocycles. The summed E-state index contributed by atoms with van der Waals surface area (Å²) >= 11 is 0. The Labute approximate surface area is 148 Å². The van der Waals surface area contributed by atoms with Gasteiger partial charge < -0.3 is 15.0 Å². The standard InChI is InChI=1S/C17H17F3N4O2/c1-26-16-13(3-2-7-21-16)15(25)23-12-6-8-24(10-12)14-5-4-11(9-22-14)17(18,19)20/h2-5,7,9,12H,6,8,10H2,1H3,(H,23,25)/t12-/m1/s1. The van der Waals surface area contributed by atoms with E-state index in [9.17, 15) is 18.0 Å². The number of hydrogen-bond donors (Lipinski definition) is 1. The first-order valence-corrected chi connectivity index (χ1v) is 7.96. The van der Waals surface area contributed by atoms with Gasteiger partial charge in [-0.1, -0.05) is 0 Å². The second kappa shape index (κ2) is 7.19. The zero-order valence-corrected chi connectivity index (χ0v) is 14.0. The summed E-state index contributed by atoms with van der Waals surface area (Å²) in [6.45, 7) is 1.06. The minimum Gasteiger partial charge on any atom is -0.480 e. The molecule has 26 heavy (non-hydrogen) atoms. The van der Waals surface area contributed by atoms with E-state index in [2.05, 4.69) is 15.3 Å². The third-order valence-corrected chi connectivity index (χ3v) is 4.13. The molecule has 2 aromatic rings. The third-order valence-electron chi connectivity index (χ3n) is 4.13. The van der Waals surface area contributed by atoms with Gasteiger partial charge in [0.2, 0.25) is 5.88 Å². The summed E-state index contributed by atoms with van der Waals surface area (Å²) in [4.78, 5) is 22.1. The highest BCUT2D eigenvalue weighted by Gasteiger charge is 2.31. The monoisotopic (exact) mass is 366 g/mol. The number of pyridine rings is 2. The normalized spacial score (nSPS) is 17.2. The molecule has 1 fully saturated rings. The molecule has 1 amide bonds. The number of ether oxygens (including phenoxy) is 1. The fourth-order valence-corrected chi connectivity index (χ4v) is 2.82. The van der Waals surface area contributed by atoms with Crippen LogP contribution in [0.3, 0.4) is 0 Å². The quantitative estimate of drug-likeness (QED) is 0.901. The molecule has 1 atom stereocenters. The van der Waals surface area contributed by atoms with Crippen LogP contribution in [0.4, 0.5) is 19.0 Å². The maximum absolute atomic E-state index is 12.6. The van der Waals surface area contributed by atoms with Gasteiger partial charge in [0.15, 0.2) is 0 Å². The van der Waals surface area contributed by atoms with E-state index < -0.39 is 11.7 Å². The molecule has 0 radical (unpaired) electrons. The predicted molar refractivity (Wildman–Crippen MR) is 88.1 cm³/mol. The topological polar surface area (TPSA) is 67.3 Å². The number of amides is 1. The van der Waals surface area contributed by atoms with Gasteiger partial charge >= 0.3 is 6.18 Å². The number of hydrogen-bond acceptors (Lipinski definition) is 5. The number of aromatic nitrogens is 2. The highest BCUT2D eigenvalue weighted by molar-refractivity contribution is 5.96. The Kier molecular flexibility index (Phi) is 4.97. The van der Waals surface area contributed by atoms with Crippen molar-refractivity contribution in [2.75, 3.05) is 25.1 Å². The van der Waals surface area contributed by atoms with Gasteiger partial charge in [-0.2, -0.15) is 13.2 Å². The number of carbonyl (C=O) groups is 1. The van der Waals surface area contributed by atoms with Gasteiger partial charge in [-0.05, 0) is 30.7 Å². The summed E-state index contributed by atoms with van der Waals surface area (Å²) in [5, 5.41) is 2.90. The highest BCUT2D eigenvalue weighted by Crippen LogP contribution is 2.30. The van der Waals surface area contributed by atoms with Gasteiger partial charge in [-0.15, -0.1) is 0 Å². The summed E-state index contributed by atoms with van der Waals surface area (Å²) in [5.74, 6) is 0.389. The van der Waals surface area contributed by atoms with Crippen molar-refractivity contribution < 1.29 is 22.7 Å². The van der Waals surface area contributed by atoms with E-state index in [1.54, 1.807) is 12.1 Å². The van der Waals surface area contributed by atoms with Crippen molar-refractivity contribution in [2.24, 2.45) is 0 Å². The van der Waals surface area contributed by atoms with E-state index in [4.69, 9.17) is 4.74 Å². The van der Waals surface area contributed by atoms with Crippen molar-refractivity contribution in [2.45, 2.75) is 18.6 Å². The van der Waals surface area contributed by atoms with Crippen molar-refractivity contribution >= 4 is 11.7 Å². The Balaban J connectivity index is 1.63. The van der Waals surface area contributed by atoms with Crippen LogP contribution in [0.2, 0.25) is 0 Å². The molecule has 3 heterocycles. The number of nitrogens with zero attached hydrogens (tertiary/aromatic N) is 3. The summed E-state index contributed by atoms with van der Waals surface area (Å²) in [6.07, 6.45) is -1.39. The number of anilines is 1. The average Bonchev–Trinajstić information content (AvgIpc) is 3.09. The van der Waals surface area contributed by atoms with Crippen molar-refractivity contribution in [3.05, 3.63) is 47.8 Å². The molecule has 1 saturated heterocycles. The Morgan fingerprint density at radius 2 is 2.12 bits per heavy atom. The van der Waals surface area contributed by atoms with Gasteiger partial charge in [0, 0.05) is 31.5 Å². The molecule has 138 valence electrons. The molecule has 6 nitrogen and oxygen atoms in total. The Morgan fingerprint density at radius 1 is 1.31 bits per heavy atom. The van der Waals surface area contributed by atoms with Gasteiger partial charge in [-0.3, -0.25) is 4.79 Å². The lowest BCUT2D eigenvalue weighted by Gasteiger charge is -2.18. The SMILES string of the molecule is COc1ncccc1C(=O)N[C@@H]1CCN(c2ccc(C(F)(F)F)cn2)C1. The zero-order chi connectivity index (χ0) is 18.7. The Morgan fingerprint density at radius 3 is 2.77 bits per heavy atom. The Bertz CT molecular complexity index is 780. The number of methoxy groups -OCH3 is 1. The van der Waals surface area contributed by atoms with Gasteiger partial charge in [0.1, 0.15) is 11.4 Å². The van der Waals surface area contributed by atoms with Crippen LogP contribution in [0, 0.1) is 0 Å². The summed E-state index contributed by atoms with van der Waals surface area (Å²) < 4.78 is 42.9. The first-order chi connectivity index (χ1) is 12.4. The van der Waals surface area contributed by atoms with Crippen LogP contribution in [-0.4, -0.2) is 42.1 Å². The van der Waals surface area contributed by atoms with E-state index in [0.29, 0.717) is 30.9 Å².